The van der Waals surface area contributed by atoms with Crippen LogP contribution in [0.1, 0.15) is 28.8 Å². The molecule has 1 fully saturated rings. The van der Waals surface area contributed by atoms with Crippen molar-refractivity contribution in [2.24, 2.45) is 5.92 Å². The molecule has 1 saturated heterocycles. The molecule has 18 heavy (non-hydrogen) atoms. The van der Waals surface area contributed by atoms with E-state index < -0.39 is 0 Å². The third-order valence-corrected chi connectivity index (χ3v) is 3.91. The summed E-state index contributed by atoms with van der Waals surface area (Å²) in [5.41, 5.74) is 1.91. The summed E-state index contributed by atoms with van der Waals surface area (Å²) in [5, 5.41) is 3.82. The number of halogens is 1. The van der Waals surface area contributed by atoms with Gasteiger partial charge in [-0.1, -0.05) is 28.1 Å². The molecule has 0 saturated carbocycles. The largest absolute Gasteiger partial charge is 0.381 e. The molecular formula is C14H18BrNO2. The molecule has 0 bridgehead atoms. The van der Waals surface area contributed by atoms with Crippen LogP contribution in [-0.2, 0) is 10.1 Å². The van der Waals surface area contributed by atoms with Gasteiger partial charge in [-0.15, -0.1) is 0 Å². The van der Waals surface area contributed by atoms with E-state index in [-0.39, 0.29) is 5.91 Å². The molecule has 0 aliphatic carbocycles. The van der Waals surface area contributed by atoms with Crippen molar-refractivity contribution in [2.75, 3.05) is 19.8 Å². The third kappa shape index (κ3) is 3.82. The summed E-state index contributed by atoms with van der Waals surface area (Å²) < 4.78 is 5.30. The van der Waals surface area contributed by atoms with E-state index in [1.54, 1.807) is 0 Å². The van der Waals surface area contributed by atoms with Crippen LogP contribution < -0.4 is 5.32 Å². The van der Waals surface area contributed by atoms with Crippen LogP contribution in [0, 0.1) is 5.92 Å². The molecule has 0 radical (unpaired) electrons. The molecular weight excluding hydrogens is 294 g/mol. The molecule has 3 nitrogen and oxygen atoms in total. The van der Waals surface area contributed by atoms with Gasteiger partial charge in [0.2, 0.25) is 0 Å². The van der Waals surface area contributed by atoms with Gasteiger partial charge in [0.25, 0.3) is 5.91 Å². The maximum atomic E-state index is 11.9. The Morgan fingerprint density at radius 3 is 2.56 bits per heavy atom. The molecule has 1 amide bonds. The Kier molecular flexibility index (Phi) is 5.20. The van der Waals surface area contributed by atoms with Crippen LogP contribution in [0.25, 0.3) is 0 Å². The lowest BCUT2D eigenvalue weighted by Gasteiger charge is -2.22. The molecule has 0 unspecified atom stereocenters. The molecule has 98 valence electrons. The number of alkyl halides is 1. The summed E-state index contributed by atoms with van der Waals surface area (Å²) in [7, 11) is 0. The molecule has 1 aliphatic heterocycles. The van der Waals surface area contributed by atoms with E-state index in [4.69, 9.17) is 4.74 Å². The summed E-state index contributed by atoms with van der Waals surface area (Å²) >= 11 is 3.39. The first-order chi connectivity index (χ1) is 8.79. The molecule has 0 spiro atoms. The topological polar surface area (TPSA) is 38.3 Å². The monoisotopic (exact) mass is 311 g/mol. The van der Waals surface area contributed by atoms with Crippen molar-refractivity contribution < 1.29 is 9.53 Å². The van der Waals surface area contributed by atoms with Crippen LogP contribution >= 0.6 is 15.9 Å². The second-order valence-electron chi connectivity index (χ2n) is 4.60. The minimum absolute atomic E-state index is 0.0163. The fourth-order valence-electron chi connectivity index (χ4n) is 2.03. The first kappa shape index (κ1) is 13.6. The average Bonchev–Trinajstić information content (AvgIpc) is 2.46. The van der Waals surface area contributed by atoms with Crippen molar-refractivity contribution in [3.8, 4) is 0 Å². The summed E-state index contributed by atoms with van der Waals surface area (Å²) in [6, 6.07) is 7.68. The van der Waals surface area contributed by atoms with Crippen LogP contribution in [0.2, 0.25) is 0 Å². The highest BCUT2D eigenvalue weighted by Crippen LogP contribution is 2.13. The smallest absolute Gasteiger partial charge is 0.251 e. The van der Waals surface area contributed by atoms with Gasteiger partial charge in [0, 0.05) is 30.7 Å². The van der Waals surface area contributed by atoms with Crippen molar-refractivity contribution in [1.29, 1.82) is 0 Å². The number of ether oxygens (including phenoxy) is 1. The minimum Gasteiger partial charge on any atom is -0.381 e. The van der Waals surface area contributed by atoms with Crippen molar-refractivity contribution in [3.05, 3.63) is 35.4 Å². The zero-order chi connectivity index (χ0) is 12.8. The number of hydrogen-bond acceptors (Lipinski definition) is 2. The maximum Gasteiger partial charge on any atom is 0.251 e. The zero-order valence-corrected chi connectivity index (χ0v) is 11.9. The van der Waals surface area contributed by atoms with Crippen LogP contribution in [0.5, 0.6) is 0 Å². The summed E-state index contributed by atoms with van der Waals surface area (Å²) in [4.78, 5) is 11.9. The van der Waals surface area contributed by atoms with E-state index >= 15 is 0 Å². The molecule has 0 atom stereocenters. The first-order valence-corrected chi connectivity index (χ1v) is 7.42. The summed E-state index contributed by atoms with van der Waals surface area (Å²) in [6.45, 7) is 2.39. The van der Waals surface area contributed by atoms with Crippen molar-refractivity contribution in [1.82, 2.24) is 5.32 Å². The van der Waals surface area contributed by atoms with Crippen LogP contribution in [0.4, 0.5) is 0 Å². The van der Waals surface area contributed by atoms with Crippen molar-refractivity contribution in [3.63, 3.8) is 0 Å². The highest BCUT2D eigenvalue weighted by atomic mass is 79.9. The molecule has 1 aromatic carbocycles. The molecule has 1 N–H and O–H groups in total. The highest BCUT2D eigenvalue weighted by molar-refractivity contribution is 9.08. The molecule has 1 heterocycles. The molecule has 4 heteroatoms. The Morgan fingerprint density at radius 2 is 1.94 bits per heavy atom. The van der Waals surface area contributed by atoms with Crippen molar-refractivity contribution >= 4 is 21.8 Å². The van der Waals surface area contributed by atoms with Gasteiger partial charge >= 0.3 is 0 Å². The fraction of sp³-hybridized carbons (Fsp3) is 0.500. The van der Waals surface area contributed by atoms with E-state index in [9.17, 15) is 4.79 Å². The molecule has 1 aromatic rings. The average molecular weight is 312 g/mol. The van der Waals surface area contributed by atoms with Crippen LogP contribution in [0.15, 0.2) is 24.3 Å². The van der Waals surface area contributed by atoms with Gasteiger partial charge in [-0.25, -0.2) is 0 Å². The van der Waals surface area contributed by atoms with E-state index in [1.807, 2.05) is 24.3 Å². The number of carbonyl (C=O) groups is 1. The third-order valence-electron chi connectivity index (χ3n) is 3.26. The summed E-state index contributed by atoms with van der Waals surface area (Å²) in [6.07, 6.45) is 2.09. The number of rotatable bonds is 4. The second kappa shape index (κ2) is 6.90. The SMILES string of the molecule is O=C(NCC1CCOCC1)c1ccc(CBr)cc1. The lowest BCUT2D eigenvalue weighted by molar-refractivity contribution is 0.0642. The predicted molar refractivity (Wildman–Crippen MR) is 74.9 cm³/mol. The fourth-order valence-corrected chi connectivity index (χ4v) is 2.41. The normalized spacial score (nSPS) is 16.5. The van der Waals surface area contributed by atoms with Crippen LogP contribution in [0.3, 0.4) is 0 Å². The number of amides is 1. The van der Waals surface area contributed by atoms with Gasteiger partial charge in [0.1, 0.15) is 0 Å². The molecule has 1 aliphatic rings. The van der Waals surface area contributed by atoms with E-state index in [1.165, 1.54) is 5.56 Å². The molecule has 0 aromatic heterocycles. The minimum atomic E-state index is 0.0163. The Morgan fingerprint density at radius 1 is 1.28 bits per heavy atom. The zero-order valence-electron chi connectivity index (χ0n) is 10.3. The van der Waals surface area contributed by atoms with Gasteiger partial charge in [-0.2, -0.15) is 0 Å². The number of nitrogens with one attached hydrogen (secondary N) is 1. The lowest BCUT2D eigenvalue weighted by Crippen LogP contribution is -2.32. The van der Waals surface area contributed by atoms with Gasteiger partial charge in [0.05, 0.1) is 0 Å². The van der Waals surface area contributed by atoms with E-state index in [0.29, 0.717) is 5.92 Å². The second-order valence-corrected chi connectivity index (χ2v) is 5.16. The van der Waals surface area contributed by atoms with Gasteiger partial charge < -0.3 is 10.1 Å². The van der Waals surface area contributed by atoms with Crippen LogP contribution in [-0.4, -0.2) is 25.7 Å². The van der Waals surface area contributed by atoms with Gasteiger partial charge in [-0.05, 0) is 36.5 Å². The standard InChI is InChI=1S/C14H18BrNO2/c15-9-11-1-3-13(4-2-11)14(17)16-10-12-5-7-18-8-6-12/h1-4,12H,5-10H2,(H,16,17). The van der Waals surface area contributed by atoms with E-state index in [2.05, 4.69) is 21.2 Å². The highest BCUT2D eigenvalue weighted by Gasteiger charge is 2.15. The van der Waals surface area contributed by atoms with Crippen molar-refractivity contribution in [2.45, 2.75) is 18.2 Å². The number of hydrogen-bond donors (Lipinski definition) is 1. The summed E-state index contributed by atoms with van der Waals surface area (Å²) in [5.74, 6) is 0.576. The Bertz CT molecular complexity index is 385. The quantitative estimate of drug-likeness (QED) is 0.868. The maximum absolute atomic E-state index is 11.9. The number of benzene rings is 1. The lowest BCUT2D eigenvalue weighted by atomic mass is 10.0. The Balaban J connectivity index is 1.82. The van der Waals surface area contributed by atoms with Gasteiger partial charge in [0.15, 0.2) is 0 Å². The number of carbonyl (C=O) groups excluding carboxylic acids is 1. The Hall–Kier alpha value is -0.870. The predicted octanol–water partition coefficient (Wildman–Crippen LogP) is 2.74. The Labute approximate surface area is 116 Å². The first-order valence-electron chi connectivity index (χ1n) is 6.30. The van der Waals surface area contributed by atoms with E-state index in [0.717, 1.165) is 43.5 Å². The van der Waals surface area contributed by atoms with Gasteiger partial charge in [-0.3, -0.25) is 4.79 Å². The molecule has 2 rings (SSSR count).